The van der Waals surface area contributed by atoms with E-state index in [1.165, 1.54) is 12.3 Å². The number of carbonyl (C=O) groups excluding carboxylic acids is 1. The van der Waals surface area contributed by atoms with Gasteiger partial charge in [-0.1, -0.05) is 11.8 Å². The van der Waals surface area contributed by atoms with E-state index < -0.39 is 5.95 Å². The van der Waals surface area contributed by atoms with Crippen molar-refractivity contribution in [3.8, 4) is 11.8 Å². The van der Waals surface area contributed by atoms with Gasteiger partial charge in [-0.3, -0.25) is 4.79 Å². The van der Waals surface area contributed by atoms with Crippen LogP contribution in [0.15, 0.2) is 24.5 Å². The topological polar surface area (TPSA) is 104 Å². The number of likely N-dealkylation sites (N-methyl/N-ethyl adjacent to an activating group) is 1. The molecule has 2 aromatic rings. The lowest BCUT2D eigenvalue weighted by atomic mass is 9.90. The fraction of sp³-hybridized carbons (Fsp3) is 0.478. The van der Waals surface area contributed by atoms with E-state index in [0.717, 1.165) is 12.8 Å². The lowest BCUT2D eigenvalue weighted by Crippen LogP contribution is -2.41. The normalized spacial score (nSPS) is 14.2. The van der Waals surface area contributed by atoms with E-state index in [-0.39, 0.29) is 17.4 Å². The van der Waals surface area contributed by atoms with Gasteiger partial charge < -0.3 is 21.3 Å². The smallest absolute Gasteiger partial charge is 0.236 e. The van der Waals surface area contributed by atoms with Gasteiger partial charge in [-0.2, -0.15) is 9.37 Å². The lowest BCUT2D eigenvalue weighted by Gasteiger charge is -2.19. The Morgan fingerprint density at radius 1 is 1.34 bits per heavy atom. The van der Waals surface area contributed by atoms with E-state index in [1.807, 2.05) is 20.8 Å². The predicted molar refractivity (Wildman–Crippen MR) is 123 cm³/mol. The molecular formula is C23H30FN7O. The van der Waals surface area contributed by atoms with Gasteiger partial charge in [0, 0.05) is 36.0 Å². The molecule has 2 aromatic heterocycles. The van der Waals surface area contributed by atoms with Gasteiger partial charge in [-0.25, -0.2) is 9.97 Å². The van der Waals surface area contributed by atoms with Crippen LogP contribution >= 0.6 is 0 Å². The van der Waals surface area contributed by atoms with E-state index in [4.69, 9.17) is 0 Å². The Hall–Kier alpha value is -3.25. The lowest BCUT2D eigenvalue weighted by molar-refractivity contribution is -0.122. The van der Waals surface area contributed by atoms with Crippen molar-refractivity contribution in [2.24, 2.45) is 5.41 Å². The van der Waals surface area contributed by atoms with Crippen LogP contribution in [0.2, 0.25) is 0 Å². The second kappa shape index (κ2) is 10.4. The Labute approximate surface area is 188 Å². The number of anilines is 3. The highest BCUT2D eigenvalue weighted by Gasteiger charge is 2.23. The van der Waals surface area contributed by atoms with Crippen molar-refractivity contribution in [2.45, 2.75) is 52.1 Å². The van der Waals surface area contributed by atoms with Crippen LogP contribution in [0.5, 0.6) is 0 Å². The average molecular weight is 440 g/mol. The molecule has 4 N–H and O–H groups in total. The summed E-state index contributed by atoms with van der Waals surface area (Å²) in [6.45, 7) is 6.44. The second-order valence-corrected chi connectivity index (χ2v) is 8.55. The van der Waals surface area contributed by atoms with E-state index in [9.17, 15) is 9.18 Å². The molecule has 32 heavy (non-hydrogen) atoms. The Morgan fingerprint density at radius 2 is 2.12 bits per heavy atom. The Morgan fingerprint density at radius 3 is 2.81 bits per heavy atom. The standard InChI is InChI=1S/C23H30FN7O/c1-15(25-4)21(32)27-12-10-23(2,3)9-7-16-14-28-22(31-20(16)29-17-5-6-17)30-18-8-11-26-19(24)13-18/h8,11,13-15,17,25H,5-6,10,12H2,1-4H3,(H,27,32)(H2,26,28,29,30,31)/t15-/m0/s1. The van der Waals surface area contributed by atoms with Gasteiger partial charge in [-0.15, -0.1) is 0 Å². The number of pyridine rings is 1. The predicted octanol–water partition coefficient (Wildman–Crippen LogP) is 2.82. The minimum absolute atomic E-state index is 0.0299. The first-order chi connectivity index (χ1) is 15.3. The number of carbonyl (C=O) groups is 1. The number of halogens is 1. The molecule has 0 saturated heterocycles. The SMILES string of the molecule is CN[C@@H](C)C(=O)NCCC(C)(C)C#Cc1cnc(Nc2ccnc(F)c2)nc1NC1CC1. The zero-order valence-electron chi connectivity index (χ0n) is 18.9. The molecule has 2 heterocycles. The molecule has 9 heteroatoms. The van der Waals surface area contributed by atoms with Gasteiger partial charge in [0.1, 0.15) is 5.82 Å². The largest absolute Gasteiger partial charge is 0.366 e. The van der Waals surface area contributed by atoms with Crippen molar-refractivity contribution >= 4 is 23.4 Å². The molecular weight excluding hydrogens is 409 g/mol. The maximum atomic E-state index is 13.3. The van der Waals surface area contributed by atoms with E-state index in [1.54, 1.807) is 19.3 Å². The fourth-order valence-corrected chi connectivity index (χ4v) is 2.76. The van der Waals surface area contributed by atoms with Crippen molar-refractivity contribution in [1.29, 1.82) is 0 Å². The van der Waals surface area contributed by atoms with Gasteiger partial charge in [0.2, 0.25) is 17.8 Å². The third-order valence-corrected chi connectivity index (χ3v) is 5.10. The molecule has 1 fully saturated rings. The number of nitrogens with zero attached hydrogens (tertiary/aromatic N) is 3. The van der Waals surface area contributed by atoms with E-state index in [0.29, 0.717) is 42.0 Å². The number of amides is 1. The van der Waals surface area contributed by atoms with Gasteiger partial charge in [0.15, 0.2) is 0 Å². The quantitative estimate of drug-likeness (QED) is 0.352. The third-order valence-electron chi connectivity index (χ3n) is 5.10. The third kappa shape index (κ3) is 7.17. The number of nitrogens with one attached hydrogen (secondary N) is 4. The van der Waals surface area contributed by atoms with Crippen LogP contribution in [0, 0.1) is 23.2 Å². The monoisotopic (exact) mass is 439 g/mol. The summed E-state index contributed by atoms with van der Waals surface area (Å²) < 4.78 is 13.3. The Bertz CT molecular complexity index is 1010. The summed E-state index contributed by atoms with van der Waals surface area (Å²) in [7, 11) is 1.76. The molecule has 1 amide bonds. The molecule has 1 aliphatic rings. The highest BCUT2D eigenvalue weighted by atomic mass is 19.1. The molecule has 0 radical (unpaired) electrons. The van der Waals surface area contributed by atoms with Crippen LogP contribution in [0.25, 0.3) is 0 Å². The Balaban J connectivity index is 1.69. The molecule has 0 aromatic carbocycles. The molecule has 0 aliphatic heterocycles. The zero-order chi connectivity index (χ0) is 23.1. The molecule has 0 spiro atoms. The maximum Gasteiger partial charge on any atom is 0.236 e. The van der Waals surface area contributed by atoms with E-state index in [2.05, 4.69) is 48.1 Å². The number of hydrogen-bond donors (Lipinski definition) is 4. The summed E-state index contributed by atoms with van der Waals surface area (Å²) in [5, 5.41) is 12.2. The fourth-order valence-electron chi connectivity index (χ4n) is 2.76. The first-order valence-corrected chi connectivity index (χ1v) is 10.8. The van der Waals surface area contributed by atoms with Gasteiger partial charge in [-0.05, 0) is 53.1 Å². The van der Waals surface area contributed by atoms with Gasteiger partial charge in [0.25, 0.3) is 0 Å². The molecule has 170 valence electrons. The van der Waals surface area contributed by atoms with Crippen molar-refractivity contribution in [3.05, 3.63) is 36.0 Å². The summed E-state index contributed by atoms with van der Waals surface area (Å²) in [6, 6.07) is 3.08. The van der Waals surface area contributed by atoms with Crippen molar-refractivity contribution in [1.82, 2.24) is 25.6 Å². The van der Waals surface area contributed by atoms with Crippen molar-refractivity contribution < 1.29 is 9.18 Å². The average Bonchev–Trinajstić information content (AvgIpc) is 3.56. The molecule has 1 atom stereocenters. The van der Waals surface area contributed by atoms with Crippen LogP contribution in [0.1, 0.15) is 45.6 Å². The summed E-state index contributed by atoms with van der Waals surface area (Å²) in [5.41, 5.74) is 0.909. The molecule has 3 rings (SSSR count). The van der Waals surface area contributed by atoms with Crippen molar-refractivity contribution in [3.63, 3.8) is 0 Å². The number of aromatic nitrogens is 3. The second-order valence-electron chi connectivity index (χ2n) is 8.55. The highest BCUT2D eigenvalue weighted by molar-refractivity contribution is 5.81. The van der Waals surface area contributed by atoms with Crippen LogP contribution in [0.4, 0.5) is 21.8 Å². The Kier molecular flexibility index (Phi) is 7.59. The summed E-state index contributed by atoms with van der Waals surface area (Å²) in [6.07, 6.45) is 5.93. The molecule has 0 unspecified atom stereocenters. The van der Waals surface area contributed by atoms with Crippen LogP contribution in [0.3, 0.4) is 0 Å². The summed E-state index contributed by atoms with van der Waals surface area (Å²) >= 11 is 0. The summed E-state index contributed by atoms with van der Waals surface area (Å²) in [4.78, 5) is 24.3. The zero-order valence-corrected chi connectivity index (χ0v) is 18.9. The molecule has 1 saturated carbocycles. The molecule has 0 bridgehead atoms. The summed E-state index contributed by atoms with van der Waals surface area (Å²) in [5.74, 6) is 6.88. The molecule has 8 nitrogen and oxygen atoms in total. The number of rotatable bonds is 9. The minimum atomic E-state index is -0.576. The molecule has 1 aliphatic carbocycles. The maximum absolute atomic E-state index is 13.3. The van der Waals surface area contributed by atoms with Crippen LogP contribution in [-0.4, -0.2) is 46.5 Å². The van der Waals surface area contributed by atoms with E-state index >= 15 is 0 Å². The van der Waals surface area contributed by atoms with Gasteiger partial charge in [0.05, 0.1) is 17.8 Å². The van der Waals surface area contributed by atoms with Crippen LogP contribution < -0.4 is 21.3 Å². The van der Waals surface area contributed by atoms with Gasteiger partial charge >= 0.3 is 0 Å². The number of hydrogen-bond acceptors (Lipinski definition) is 7. The minimum Gasteiger partial charge on any atom is -0.366 e. The highest BCUT2D eigenvalue weighted by Crippen LogP contribution is 2.27. The first kappa shape index (κ1) is 23.4. The first-order valence-electron chi connectivity index (χ1n) is 10.8. The van der Waals surface area contributed by atoms with Crippen LogP contribution in [-0.2, 0) is 4.79 Å². The van der Waals surface area contributed by atoms with Crippen molar-refractivity contribution in [2.75, 3.05) is 24.2 Å².